The van der Waals surface area contributed by atoms with Gasteiger partial charge in [0.05, 0.1) is 5.69 Å². The molecule has 64 valence electrons. The van der Waals surface area contributed by atoms with E-state index in [1.165, 1.54) is 10.6 Å². The van der Waals surface area contributed by atoms with Crippen LogP contribution in [0.15, 0.2) is 21.9 Å². The number of oxazole rings is 1. The van der Waals surface area contributed by atoms with E-state index in [9.17, 15) is 4.79 Å². The summed E-state index contributed by atoms with van der Waals surface area (Å²) in [6, 6.07) is 0. The van der Waals surface area contributed by atoms with E-state index >= 15 is 0 Å². The molecule has 0 aromatic carbocycles. The Morgan fingerprint density at radius 2 is 2.25 bits per heavy atom. The van der Waals surface area contributed by atoms with Crippen LogP contribution in [-0.2, 0) is 7.05 Å². The highest BCUT2D eigenvalue weighted by Crippen LogP contribution is 2.09. The summed E-state index contributed by atoms with van der Waals surface area (Å²) in [6.45, 7) is 5.43. The van der Waals surface area contributed by atoms with Crippen LogP contribution in [0.4, 0.5) is 0 Å². The van der Waals surface area contributed by atoms with Crippen LogP contribution in [0.25, 0.3) is 12.2 Å². The summed E-state index contributed by atoms with van der Waals surface area (Å²) >= 11 is 0. The fraction of sp³-hybridized carbons (Fsp3) is 0.222. The Morgan fingerprint density at radius 3 is 2.75 bits per heavy atom. The average molecular weight is 165 g/mol. The van der Waals surface area contributed by atoms with E-state index in [1.807, 2.05) is 19.1 Å². The first-order valence-corrected chi connectivity index (χ1v) is 3.65. The second-order valence-corrected chi connectivity index (χ2v) is 2.38. The van der Waals surface area contributed by atoms with E-state index in [0.29, 0.717) is 5.76 Å². The molecule has 0 N–H and O–H groups in total. The van der Waals surface area contributed by atoms with Crippen LogP contribution in [-0.4, -0.2) is 4.57 Å². The summed E-state index contributed by atoms with van der Waals surface area (Å²) in [4.78, 5) is 11.0. The van der Waals surface area contributed by atoms with E-state index in [0.717, 1.165) is 5.69 Å². The van der Waals surface area contributed by atoms with Gasteiger partial charge >= 0.3 is 5.76 Å². The molecule has 1 aromatic heterocycles. The second kappa shape index (κ2) is 3.26. The van der Waals surface area contributed by atoms with Crippen molar-refractivity contribution in [3.05, 3.63) is 34.7 Å². The Hall–Kier alpha value is -1.51. The third-order valence-electron chi connectivity index (χ3n) is 1.59. The SMILES string of the molecule is C=Cc1oc(=O)n(C)c1/C=C\C. The van der Waals surface area contributed by atoms with E-state index in [2.05, 4.69) is 6.58 Å². The maximum absolute atomic E-state index is 11.0. The molecule has 0 aliphatic rings. The smallest absolute Gasteiger partial charge is 0.408 e. The lowest BCUT2D eigenvalue weighted by Gasteiger charge is -1.91. The summed E-state index contributed by atoms with van der Waals surface area (Å²) in [5, 5.41) is 0. The molecule has 1 rings (SSSR count). The minimum atomic E-state index is -0.363. The molecule has 0 aliphatic heterocycles. The molecule has 0 fully saturated rings. The summed E-state index contributed by atoms with van der Waals surface area (Å²) in [5.74, 6) is 0.151. The monoisotopic (exact) mass is 165 g/mol. The molecule has 0 saturated heterocycles. The van der Waals surface area contributed by atoms with E-state index in [1.54, 1.807) is 7.05 Å². The lowest BCUT2D eigenvalue weighted by molar-refractivity contribution is 0.488. The van der Waals surface area contributed by atoms with Gasteiger partial charge in [-0.1, -0.05) is 12.7 Å². The molecule has 3 heteroatoms. The van der Waals surface area contributed by atoms with Crippen molar-refractivity contribution in [1.29, 1.82) is 0 Å². The van der Waals surface area contributed by atoms with Crippen LogP contribution in [0.3, 0.4) is 0 Å². The molecular formula is C9H11NO2. The zero-order valence-electron chi connectivity index (χ0n) is 7.20. The maximum Gasteiger partial charge on any atom is 0.419 e. The molecular weight excluding hydrogens is 154 g/mol. The largest absolute Gasteiger partial charge is 0.419 e. The van der Waals surface area contributed by atoms with Crippen molar-refractivity contribution in [2.24, 2.45) is 7.05 Å². The third-order valence-corrected chi connectivity index (χ3v) is 1.59. The lowest BCUT2D eigenvalue weighted by atomic mass is 10.3. The van der Waals surface area contributed by atoms with Gasteiger partial charge in [-0.2, -0.15) is 0 Å². The van der Waals surface area contributed by atoms with Crippen LogP contribution in [0.1, 0.15) is 18.4 Å². The van der Waals surface area contributed by atoms with Gasteiger partial charge in [0.2, 0.25) is 0 Å². The van der Waals surface area contributed by atoms with Crippen LogP contribution < -0.4 is 5.76 Å². The quantitative estimate of drug-likeness (QED) is 0.668. The molecule has 1 heterocycles. The van der Waals surface area contributed by atoms with Gasteiger partial charge in [-0.3, -0.25) is 4.57 Å². The fourth-order valence-corrected chi connectivity index (χ4v) is 0.976. The number of nitrogens with zero attached hydrogens (tertiary/aromatic N) is 1. The molecule has 0 unspecified atom stereocenters. The summed E-state index contributed by atoms with van der Waals surface area (Å²) in [7, 11) is 1.66. The van der Waals surface area contributed by atoms with Gasteiger partial charge < -0.3 is 4.42 Å². The molecule has 0 aliphatic carbocycles. The van der Waals surface area contributed by atoms with Crippen molar-refractivity contribution in [3.8, 4) is 0 Å². The number of hydrogen-bond donors (Lipinski definition) is 0. The molecule has 12 heavy (non-hydrogen) atoms. The zero-order valence-corrected chi connectivity index (χ0v) is 7.20. The molecule has 0 atom stereocenters. The van der Waals surface area contributed by atoms with Gasteiger partial charge in [0, 0.05) is 7.05 Å². The Bertz CT molecular complexity index is 368. The highest BCUT2D eigenvalue weighted by Gasteiger charge is 2.06. The van der Waals surface area contributed by atoms with Crippen molar-refractivity contribution in [1.82, 2.24) is 4.57 Å². The lowest BCUT2D eigenvalue weighted by Crippen LogP contribution is -2.10. The summed E-state index contributed by atoms with van der Waals surface area (Å²) in [6.07, 6.45) is 5.18. The Morgan fingerprint density at radius 1 is 1.58 bits per heavy atom. The predicted molar refractivity (Wildman–Crippen MR) is 48.7 cm³/mol. The number of aromatic nitrogens is 1. The first-order valence-electron chi connectivity index (χ1n) is 3.65. The molecule has 0 spiro atoms. The minimum absolute atomic E-state index is 0.363. The maximum atomic E-state index is 11.0. The molecule has 0 bridgehead atoms. The van der Waals surface area contributed by atoms with Crippen LogP contribution in [0, 0.1) is 0 Å². The van der Waals surface area contributed by atoms with Crippen molar-refractivity contribution >= 4 is 12.2 Å². The molecule has 0 saturated carbocycles. The van der Waals surface area contributed by atoms with Gasteiger partial charge in [0.15, 0.2) is 5.76 Å². The fourth-order valence-electron chi connectivity index (χ4n) is 0.976. The first kappa shape index (κ1) is 8.59. The normalized spacial score (nSPS) is 10.8. The van der Waals surface area contributed by atoms with Crippen LogP contribution in [0.5, 0.6) is 0 Å². The van der Waals surface area contributed by atoms with E-state index < -0.39 is 0 Å². The third kappa shape index (κ3) is 1.25. The van der Waals surface area contributed by atoms with Crippen molar-refractivity contribution in [2.45, 2.75) is 6.92 Å². The van der Waals surface area contributed by atoms with Gasteiger partial charge in [-0.15, -0.1) is 0 Å². The molecule has 0 radical (unpaired) electrons. The van der Waals surface area contributed by atoms with E-state index in [4.69, 9.17) is 4.42 Å². The van der Waals surface area contributed by atoms with Crippen molar-refractivity contribution in [3.63, 3.8) is 0 Å². The van der Waals surface area contributed by atoms with Gasteiger partial charge in [-0.05, 0) is 19.1 Å². The van der Waals surface area contributed by atoms with Gasteiger partial charge in [0.1, 0.15) is 0 Å². The average Bonchev–Trinajstić information content (AvgIpc) is 2.33. The Labute approximate surface area is 70.6 Å². The second-order valence-electron chi connectivity index (χ2n) is 2.38. The number of rotatable bonds is 2. The minimum Gasteiger partial charge on any atom is -0.408 e. The standard InChI is InChI=1S/C9H11NO2/c1-4-6-7-8(5-2)12-9(11)10(7)3/h4-6H,2H2,1,3H3/b6-4-. The molecule has 3 nitrogen and oxygen atoms in total. The van der Waals surface area contributed by atoms with Crippen molar-refractivity contribution in [2.75, 3.05) is 0 Å². The highest BCUT2D eigenvalue weighted by molar-refractivity contribution is 5.57. The van der Waals surface area contributed by atoms with Crippen LogP contribution in [0.2, 0.25) is 0 Å². The topological polar surface area (TPSA) is 35.1 Å². The van der Waals surface area contributed by atoms with Gasteiger partial charge in [-0.25, -0.2) is 4.79 Å². The summed E-state index contributed by atoms with van der Waals surface area (Å²) < 4.78 is 6.33. The first-order chi connectivity index (χ1) is 5.70. The summed E-state index contributed by atoms with van der Waals surface area (Å²) in [5.41, 5.74) is 0.748. The predicted octanol–water partition coefficient (Wildman–Crippen LogP) is 1.65. The molecule has 0 amide bonds. The zero-order chi connectivity index (χ0) is 9.14. The van der Waals surface area contributed by atoms with Crippen molar-refractivity contribution < 1.29 is 4.42 Å². The number of allylic oxidation sites excluding steroid dienone is 1. The highest BCUT2D eigenvalue weighted by atomic mass is 16.4. The Balaban J connectivity index is 3.40. The Kier molecular flexibility index (Phi) is 2.33. The number of hydrogen-bond acceptors (Lipinski definition) is 2. The van der Waals surface area contributed by atoms with Crippen LogP contribution >= 0.6 is 0 Å². The molecule has 1 aromatic rings. The van der Waals surface area contributed by atoms with Gasteiger partial charge in [0.25, 0.3) is 0 Å². The van der Waals surface area contributed by atoms with E-state index in [-0.39, 0.29) is 5.76 Å².